The van der Waals surface area contributed by atoms with Crippen LogP contribution in [0.4, 0.5) is 0 Å². The minimum absolute atomic E-state index is 0.0631. The molecule has 102 valence electrons. The highest BCUT2D eigenvalue weighted by atomic mass is 35.5. The molecule has 2 aromatic rings. The highest BCUT2D eigenvalue weighted by molar-refractivity contribution is 7.21. The van der Waals surface area contributed by atoms with Crippen LogP contribution in [0.25, 0.3) is 10.2 Å². The lowest BCUT2D eigenvalue weighted by Gasteiger charge is -2.06. The zero-order valence-corrected chi connectivity index (χ0v) is 13.4. The molecule has 0 saturated heterocycles. The van der Waals surface area contributed by atoms with Crippen molar-refractivity contribution in [2.45, 2.75) is 33.7 Å². The van der Waals surface area contributed by atoms with E-state index in [4.69, 9.17) is 23.2 Å². The largest absolute Gasteiger partial charge is 0.349 e. The molecule has 0 aliphatic heterocycles. The number of amides is 1. The Morgan fingerprint density at radius 1 is 1.26 bits per heavy atom. The smallest absolute Gasteiger partial charge is 0.263 e. The summed E-state index contributed by atoms with van der Waals surface area (Å²) in [7, 11) is 0. The summed E-state index contributed by atoms with van der Waals surface area (Å²) >= 11 is 13.8. The van der Waals surface area contributed by atoms with Gasteiger partial charge in [-0.2, -0.15) is 0 Å². The fraction of sp³-hybridized carbons (Fsp3) is 0.385. The molecule has 0 saturated carbocycles. The third-order valence-electron chi connectivity index (χ3n) is 2.75. The molecular formula is C13H14Cl2N2OS. The molecule has 2 rings (SSSR count). The monoisotopic (exact) mass is 316 g/mol. The first kappa shape index (κ1) is 14.6. The van der Waals surface area contributed by atoms with Crippen LogP contribution >= 0.6 is 34.5 Å². The van der Waals surface area contributed by atoms with Crippen LogP contribution in [0.1, 0.15) is 34.8 Å². The van der Waals surface area contributed by atoms with Gasteiger partial charge in [-0.05, 0) is 33.3 Å². The van der Waals surface area contributed by atoms with Gasteiger partial charge in [-0.25, -0.2) is 4.98 Å². The molecule has 1 amide bonds. The highest BCUT2D eigenvalue weighted by Gasteiger charge is 2.21. The number of carbonyl (C=O) groups excluding carboxylic acids is 1. The quantitative estimate of drug-likeness (QED) is 0.894. The molecule has 0 spiro atoms. The van der Waals surface area contributed by atoms with Crippen LogP contribution in [0.3, 0.4) is 0 Å². The first-order chi connectivity index (χ1) is 8.82. The molecule has 6 heteroatoms. The third kappa shape index (κ3) is 2.57. The first-order valence-corrected chi connectivity index (χ1v) is 7.45. The van der Waals surface area contributed by atoms with Crippen LogP contribution in [-0.2, 0) is 0 Å². The average Bonchev–Trinajstić information content (AvgIpc) is 2.63. The number of aryl methyl sites for hydroxylation is 2. The summed E-state index contributed by atoms with van der Waals surface area (Å²) in [6.45, 7) is 7.55. The van der Waals surface area contributed by atoms with Crippen LogP contribution in [0.15, 0.2) is 0 Å². The molecule has 2 heterocycles. The van der Waals surface area contributed by atoms with Gasteiger partial charge in [0.1, 0.15) is 9.71 Å². The van der Waals surface area contributed by atoms with Crippen molar-refractivity contribution in [3.63, 3.8) is 0 Å². The number of rotatable bonds is 2. The summed E-state index contributed by atoms with van der Waals surface area (Å²) < 4.78 is 0. The molecular weight excluding hydrogens is 303 g/mol. The zero-order chi connectivity index (χ0) is 14.3. The van der Waals surface area contributed by atoms with Gasteiger partial charge in [0.25, 0.3) is 5.91 Å². The zero-order valence-electron chi connectivity index (χ0n) is 11.1. The van der Waals surface area contributed by atoms with E-state index in [-0.39, 0.29) is 11.9 Å². The second-order valence-electron chi connectivity index (χ2n) is 4.69. The number of hydrogen-bond acceptors (Lipinski definition) is 3. The van der Waals surface area contributed by atoms with Crippen molar-refractivity contribution in [3.05, 3.63) is 26.2 Å². The van der Waals surface area contributed by atoms with Crippen molar-refractivity contribution in [3.8, 4) is 0 Å². The predicted molar refractivity (Wildman–Crippen MR) is 81.7 cm³/mol. The van der Waals surface area contributed by atoms with Crippen LogP contribution in [-0.4, -0.2) is 16.9 Å². The molecule has 2 aromatic heterocycles. The average molecular weight is 317 g/mol. The molecule has 0 aromatic carbocycles. The van der Waals surface area contributed by atoms with Gasteiger partial charge < -0.3 is 5.32 Å². The van der Waals surface area contributed by atoms with Crippen molar-refractivity contribution in [1.82, 2.24) is 10.3 Å². The van der Waals surface area contributed by atoms with E-state index in [1.165, 1.54) is 11.3 Å². The highest BCUT2D eigenvalue weighted by Crippen LogP contribution is 2.39. The van der Waals surface area contributed by atoms with E-state index in [1.807, 2.05) is 27.7 Å². The lowest BCUT2D eigenvalue weighted by atomic mass is 10.1. The number of thiophene rings is 1. The Balaban J connectivity index is 2.64. The summed E-state index contributed by atoms with van der Waals surface area (Å²) in [6.07, 6.45) is 0. The molecule has 0 radical (unpaired) electrons. The SMILES string of the molecule is Cc1nc2sc(C(=O)NC(C)C)c(Cl)c2c(C)c1Cl. The molecule has 1 N–H and O–H groups in total. The van der Waals surface area contributed by atoms with Crippen molar-refractivity contribution < 1.29 is 4.79 Å². The minimum Gasteiger partial charge on any atom is -0.349 e. The number of nitrogens with zero attached hydrogens (tertiary/aromatic N) is 1. The number of halogens is 2. The molecule has 0 fully saturated rings. The summed E-state index contributed by atoms with van der Waals surface area (Å²) in [5.41, 5.74) is 1.62. The number of nitrogens with one attached hydrogen (secondary N) is 1. The fourth-order valence-corrected chi connectivity index (χ4v) is 3.56. The fourth-order valence-electron chi connectivity index (χ4n) is 1.86. The van der Waals surface area contributed by atoms with Crippen molar-refractivity contribution in [1.29, 1.82) is 0 Å². The van der Waals surface area contributed by atoms with E-state index in [2.05, 4.69) is 10.3 Å². The maximum atomic E-state index is 12.1. The number of fused-ring (bicyclic) bond motifs is 1. The normalized spacial score (nSPS) is 11.3. The van der Waals surface area contributed by atoms with Crippen LogP contribution < -0.4 is 5.32 Å². The second kappa shape index (κ2) is 5.27. The Morgan fingerprint density at radius 3 is 2.47 bits per heavy atom. The molecule has 0 aliphatic rings. The van der Waals surface area contributed by atoms with E-state index in [1.54, 1.807) is 0 Å². The number of hydrogen-bond donors (Lipinski definition) is 1. The van der Waals surface area contributed by atoms with Gasteiger partial charge in [0, 0.05) is 11.4 Å². The van der Waals surface area contributed by atoms with Gasteiger partial charge in [0.15, 0.2) is 0 Å². The van der Waals surface area contributed by atoms with Crippen LogP contribution in [0, 0.1) is 13.8 Å². The van der Waals surface area contributed by atoms with E-state index in [9.17, 15) is 4.79 Å². The van der Waals surface area contributed by atoms with Gasteiger partial charge >= 0.3 is 0 Å². The van der Waals surface area contributed by atoms with Crippen molar-refractivity contribution in [2.24, 2.45) is 0 Å². The summed E-state index contributed by atoms with van der Waals surface area (Å²) in [4.78, 5) is 17.7. The Kier molecular flexibility index (Phi) is 4.04. The minimum atomic E-state index is -0.170. The number of pyridine rings is 1. The van der Waals surface area contributed by atoms with E-state index >= 15 is 0 Å². The maximum Gasteiger partial charge on any atom is 0.263 e. The Labute approximate surface area is 125 Å². The van der Waals surface area contributed by atoms with Crippen molar-refractivity contribution in [2.75, 3.05) is 0 Å². The molecule has 0 unspecified atom stereocenters. The summed E-state index contributed by atoms with van der Waals surface area (Å²) in [5.74, 6) is -0.170. The van der Waals surface area contributed by atoms with Crippen LogP contribution in [0.2, 0.25) is 10.0 Å². The van der Waals surface area contributed by atoms with Crippen LogP contribution in [0.5, 0.6) is 0 Å². The van der Waals surface area contributed by atoms with E-state index in [0.717, 1.165) is 21.5 Å². The second-order valence-corrected chi connectivity index (χ2v) is 6.44. The van der Waals surface area contributed by atoms with Gasteiger partial charge in [0.05, 0.1) is 15.7 Å². The topological polar surface area (TPSA) is 42.0 Å². The molecule has 0 bridgehead atoms. The van der Waals surface area contributed by atoms with Gasteiger partial charge in [0.2, 0.25) is 0 Å². The Morgan fingerprint density at radius 2 is 1.89 bits per heavy atom. The third-order valence-corrected chi connectivity index (χ3v) is 4.88. The van der Waals surface area contributed by atoms with Gasteiger partial charge in [-0.1, -0.05) is 23.2 Å². The van der Waals surface area contributed by atoms with E-state index in [0.29, 0.717) is 14.9 Å². The lowest BCUT2D eigenvalue weighted by molar-refractivity contribution is 0.0947. The molecule has 0 aliphatic carbocycles. The lowest BCUT2D eigenvalue weighted by Crippen LogP contribution is -2.29. The standard InChI is InChI=1S/C13H14Cl2N2OS/c1-5(2)16-12(18)11-10(15)8-6(3)9(14)7(4)17-13(8)19-11/h5H,1-4H3,(H,16,18). The van der Waals surface area contributed by atoms with Crippen molar-refractivity contribution >= 4 is 50.7 Å². The molecule has 3 nitrogen and oxygen atoms in total. The molecule has 19 heavy (non-hydrogen) atoms. The first-order valence-electron chi connectivity index (χ1n) is 5.88. The van der Waals surface area contributed by atoms with Gasteiger partial charge in [-0.15, -0.1) is 11.3 Å². The van der Waals surface area contributed by atoms with E-state index < -0.39 is 0 Å². The maximum absolute atomic E-state index is 12.1. The predicted octanol–water partition coefficient (Wildman–Crippen LogP) is 4.36. The molecule has 0 atom stereocenters. The summed E-state index contributed by atoms with van der Waals surface area (Å²) in [6, 6.07) is 0.0631. The number of aromatic nitrogens is 1. The number of carbonyl (C=O) groups is 1. The summed E-state index contributed by atoms with van der Waals surface area (Å²) in [5, 5.41) is 4.65. The van der Waals surface area contributed by atoms with Gasteiger partial charge in [-0.3, -0.25) is 4.79 Å². The Bertz CT molecular complexity index is 664. The Hall–Kier alpha value is -0.840.